The van der Waals surface area contributed by atoms with Crippen LogP contribution in [0.2, 0.25) is 0 Å². The summed E-state index contributed by atoms with van der Waals surface area (Å²) in [5.41, 5.74) is 6.91. The highest BCUT2D eigenvalue weighted by Crippen LogP contribution is 2.50. The lowest BCUT2D eigenvalue weighted by Gasteiger charge is -2.32. The third-order valence-corrected chi connectivity index (χ3v) is 3.61. The van der Waals surface area contributed by atoms with E-state index in [0.29, 0.717) is 5.75 Å². The number of rotatable bonds is 2. The van der Waals surface area contributed by atoms with E-state index in [1.807, 2.05) is 18.2 Å². The van der Waals surface area contributed by atoms with Crippen molar-refractivity contribution in [1.29, 1.82) is 0 Å². The van der Waals surface area contributed by atoms with Crippen LogP contribution in [-0.4, -0.2) is 10.6 Å². The third-order valence-electron chi connectivity index (χ3n) is 3.61. The maximum absolute atomic E-state index is 9.78. The van der Waals surface area contributed by atoms with Gasteiger partial charge >= 0.3 is 0 Å². The molecule has 1 aromatic rings. The molecule has 0 saturated heterocycles. The van der Waals surface area contributed by atoms with Gasteiger partial charge in [0, 0.05) is 16.5 Å². The monoisotopic (exact) mass is 191 g/mol. The van der Waals surface area contributed by atoms with E-state index in [0.717, 1.165) is 18.4 Å². The van der Waals surface area contributed by atoms with E-state index in [-0.39, 0.29) is 11.0 Å². The van der Waals surface area contributed by atoms with E-state index in [1.165, 1.54) is 0 Å². The molecule has 0 unspecified atom stereocenters. The first-order valence-corrected chi connectivity index (χ1v) is 5.05. The molecule has 0 radical (unpaired) electrons. The summed E-state index contributed by atoms with van der Waals surface area (Å²) in [5, 5.41) is 9.78. The van der Waals surface area contributed by atoms with Crippen LogP contribution in [0.4, 0.5) is 0 Å². The van der Waals surface area contributed by atoms with Crippen molar-refractivity contribution in [1.82, 2.24) is 0 Å². The zero-order valence-corrected chi connectivity index (χ0v) is 8.75. The molecule has 1 saturated carbocycles. The first-order valence-electron chi connectivity index (χ1n) is 5.05. The predicted molar refractivity (Wildman–Crippen MR) is 57.3 cm³/mol. The van der Waals surface area contributed by atoms with E-state index < -0.39 is 0 Å². The Morgan fingerprint density at radius 1 is 1.29 bits per heavy atom. The number of phenolic OH excluding ortho intramolecular Hbond substituents is 1. The summed E-state index contributed by atoms with van der Waals surface area (Å²) in [6.45, 7) is 4.21. The van der Waals surface area contributed by atoms with Gasteiger partial charge in [-0.1, -0.05) is 32.0 Å². The van der Waals surface area contributed by atoms with E-state index in [1.54, 1.807) is 6.07 Å². The molecule has 0 bridgehead atoms. The number of hydrogen-bond acceptors (Lipinski definition) is 2. The standard InChI is InChI=1S/C12H17NO/c1-11(2,12(13)7-8-12)9-5-3-4-6-10(9)14/h3-6,14H,7-8,13H2,1-2H3. The molecule has 3 N–H and O–H groups in total. The molecule has 2 rings (SSSR count). The molecule has 2 heteroatoms. The molecule has 1 aliphatic rings. The Bertz CT molecular complexity index is 353. The van der Waals surface area contributed by atoms with Crippen LogP contribution in [0.15, 0.2) is 24.3 Å². The van der Waals surface area contributed by atoms with Crippen LogP contribution in [0.3, 0.4) is 0 Å². The molecule has 0 amide bonds. The Balaban J connectivity index is 2.44. The van der Waals surface area contributed by atoms with E-state index in [4.69, 9.17) is 5.73 Å². The van der Waals surface area contributed by atoms with Crippen LogP contribution in [-0.2, 0) is 5.41 Å². The smallest absolute Gasteiger partial charge is 0.119 e. The molecule has 2 nitrogen and oxygen atoms in total. The van der Waals surface area contributed by atoms with Gasteiger partial charge in [-0.2, -0.15) is 0 Å². The fourth-order valence-corrected chi connectivity index (χ4v) is 2.03. The molecule has 1 fully saturated rings. The molecule has 14 heavy (non-hydrogen) atoms. The van der Waals surface area contributed by atoms with Crippen LogP contribution < -0.4 is 5.73 Å². The van der Waals surface area contributed by atoms with Gasteiger partial charge in [-0.15, -0.1) is 0 Å². The first kappa shape index (κ1) is 9.53. The van der Waals surface area contributed by atoms with Gasteiger partial charge in [0.2, 0.25) is 0 Å². The highest BCUT2D eigenvalue weighted by atomic mass is 16.3. The van der Waals surface area contributed by atoms with Crippen LogP contribution in [0.1, 0.15) is 32.3 Å². The fraction of sp³-hybridized carbons (Fsp3) is 0.500. The maximum atomic E-state index is 9.78. The van der Waals surface area contributed by atoms with E-state index in [2.05, 4.69) is 13.8 Å². The Morgan fingerprint density at radius 3 is 2.36 bits per heavy atom. The van der Waals surface area contributed by atoms with Crippen molar-refractivity contribution in [3.8, 4) is 5.75 Å². The molecule has 0 aromatic heterocycles. The Hall–Kier alpha value is -1.02. The molecule has 0 aliphatic heterocycles. The number of para-hydroxylation sites is 1. The van der Waals surface area contributed by atoms with E-state index in [9.17, 15) is 5.11 Å². The quantitative estimate of drug-likeness (QED) is 0.752. The fourth-order valence-electron chi connectivity index (χ4n) is 2.03. The summed E-state index contributed by atoms with van der Waals surface area (Å²) in [5.74, 6) is 0.356. The number of phenols is 1. The summed E-state index contributed by atoms with van der Waals surface area (Å²) in [7, 11) is 0. The number of hydrogen-bond donors (Lipinski definition) is 2. The second-order valence-electron chi connectivity index (χ2n) is 4.80. The summed E-state index contributed by atoms with van der Waals surface area (Å²) in [6.07, 6.45) is 2.10. The lowest BCUT2D eigenvalue weighted by Crippen LogP contribution is -2.43. The van der Waals surface area contributed by atoms with Crippen LogP contribution in [0.5, 0.6) is 5.75 Å². The minimum Gasteiger partial charge on any atom is -0.508 e. The highest BCUT2D eigenvalue weighted by molar-refractivity contribution is 5.42. The predicted octanol–water partition coefficient (Wildman–Crippen LogP) is 2.16. The van der Waals surface area contributed by atoms with Gasteiger partial charge in [0.05, 0.1) is 0 Å². The molecule has 1 aliphatic carbocycles. The maximum Gasteiger partial charge on any atom is 0.119 e. The third kappa shape index (κ3) is 1.22. The molecule has 0 atom stereocenters. The highest BCUT2D eigenvalue weighted by Gasteiger charge is 2.52. The van der Waals surface area contributed by atoms with Gasteiger partial charge in [-0.05, 0) is 18.9 Å². The van der Waals surface area contributed by atoms with Crippen LogP contribution in [0.25, 0.3) is 0 Å². The number of aromatic hydroxyl groups is 1. The minimum absolute atomic E-state index is 0.119. The molecular formula is C12H17NO. The molecule has 0 spiro atoms. The summed E-state index contributed by atoms with van der Waals surface area (Å²) >= 11 is 0. The van der Waals surface area contributed by atoms with Gasteiger partial charge in [0.15, 0.2) is 0 Å². The largest absolute Gasteiger partial charge is 0.508 e. The minimum atomic E-state index is -0.141. The Kier molecular flexibility index (Phi) is 1.86. The summed E-state index contributed by atoms with van der Waals surface area (Å²) < 4.78 is 0. The number of nitrogens with two attached hydrogens (primary N) is 1. The lowest BCUT2D eigenvalue weighted by atomic mass is 9.75. The lowest BCUT2D eigenvalue weighted by molar-refractivity contribution is 0.367. The normalized spacial score (nSPS) is 19.4. The average Bonchev–Trinajstić information content (AvgIpc) is 2.86. The summed E-state index contributed by atoms with van der Waals surface area (Å²) in [6, 6.07) is 7.47. The second kappa shape index (κ2) is 2.74. The topological polar surface area (TPSA) is 46.2 Å². The van der Waals surface area contributed by atoms with Crippen LogP contribution in [0, 0.1) is 0 Å². The van der Waals surface area contributed by atoms with Gasteiger partial charge < -0.3 is 10.8 Å². The SMILES string of the molecule is CC(C)(c1ccccc1O)C1(N)CC1. The van der Waals surface area contributed by atoms with Gasteiger partial charge in [0.1, 0.15) is 5.75 Å². The zero-order chi connectivity index (χ0) is 10.4. The number of benzene rings is 1. The molecule has 1 aromatic carbocycles. The molecular weight excluding hydrogens is 174 g/mol. The second-order valence-corrected chi connectivity index (χ2v) is 4.80. The van der Waals surface area contributed by atoms with Crippen molar-refractivity contribution in [2.75, 3.05) is 0 Å². The summed E-state index contributed by atoms with van der Waals surface area (Å²) in [4.78, 5) is 0. The van der Waals surface area contributed by atoms with Gasteiger partial charge in [-0.25, -0.2) is 0 Å². The molecule has 76 valence electrons. The molecule has 0 heterocycles. The first-order chi connectivity index (χ1) is 6.47. The average molecular weight is 191 g/mol. The van der Waals surface area contributed by atoms with Gasteiger partial charge in [-0.3, -0.25) is 0 Å². The Labute approximate surface area is 84.7 Å². The van der Waals surface area contributed by atoms with Crippen LogP contribution >= 0.6 is 0 Å². The van der Waals surface area contributed by atoms with Crippen molar-refractivity contribution >= 4 is 0 Å². The van der Waals surface area contributed by atoms with Gasteiger partial charge in [0.25, 0.3) is 0 Å². The zero-order valence-electron chi connectivity index (χ0n) is 8.75. The van der Waals surface area contributed by atoms with Crippen molar-refractivity contribution < 1.29 is 5.11 Å². The van der Waals surface area contributed by atoms with E-state index >= 15 is 0 Å². The van der Waals surface area contributed by atoms with Crippen molar-refractivity contribution in [2.24, 2.45) is 5.73 Å². The Morgan fingerprint density at radius 2 is 1.86 bits per heavy atom. The van der Waals surface area contributed by atoms with Crippen molar-refractivity contribution in [3.05, 3.63) is 29.8 Å². The van der Waals surface area contributed by atoms with Crippen molar-refractivity contribution in [2.45, 2.75) is 37.6 Å². The van der Waals surface area contributed by atoms with Crippen molar-refractivity contribution in [3.63, 3.8) is 0 Å².